The molecular weight excluding hydrogens is 1730 g/mol. The van der Waals surface area contributed by atoms with Crippen LogP contribution in [0, 0.1) is 46.8 Å². The number of aliphatic hydroxyl groups is 2. The van der Waals surface area contributed by atoms with E-state index in [0.717, 1.165) is 34.4 Å². The topological polar surface area (TPSA) is 684 Å². The lowest BCUT2D eigenvalue weighted by atomic mass is 9.78. The summed E-state index contributed by atoms with van der Waals surface area (Å²) in [5.41, 5.74) is 9.68. The Kier molecular flexibility index (Phi) is 38.4. The summed E-state index contributed by atoms with van der Waals surface area (Å²) in [4.78, 5) is 195. The van der Waals surface area contributed by atoms with Gasteiger partial charge in [0.25, 0.3) is 11.5 Å². The smallest absolute Gasteiger partial charge is 0.407 e. The number of aldehydes is 1. The third-order valence-electron chi connectivity index (χ3n) is 24.5. The van der Waals surface area contributed by atoms with Crippen molar-refractivity contribution >= 4 is 128 Å². The van der Waals surface area contributed by atoms with Crippen LogP contribution in [0.4, 0.5) is 16.4 Å². The number of nitrogens with one attached hydrogen (secondary N) is 11. The van der Waals surface area contributed by atoms with Crippen LogP contribution in [0.2, 0.25) is 0 Å². The van der Waals surface area contributed by atoms with Gasteiger partial charge in [-0.2, -0.15) is 4.98 Å². The fraction of sp³-hybridized carbons (Fsp3) is 0.687. The molecule has 129 heavy (non-hydrogen) atoms. The maximum absolute atomic E-state index is 14.1. The number of benzene rings is 1. The van der Waals surface area contributed by atoms with Crippen LogP contribution in [-0.4, -0.2) is 286 Å². The van der Waals surface area contributed by atoms with Gasteiger partial charge in [0.05, 0.1) is 116 Å². The minimum atomic E-state index is -2.14. The Morgan fingerprint density at radius 1 is 0.721 bits per heavy atom. The van der Waals surface area contributed by atoms with Gasteiger partial charge in [-0.15, -0.1) is 0 Å². The average Bonchev–Trinajstić information content (AvgIpc) is 1.56. The molecular formula is C83H124N16O28S2. The van der Waals surface area contributed by atoms with E-state index < -0.39 is 211 Å². The number of aliphatic hydroxyl groups excluding tert-OH is 2. The molecule has 2 aromatic heterocycles. The normalized spacial score (nSPS) is 26.8. The summed E-state index contributed by atoms with van der Waals surface area (Å²) < 4.78 is 46.2. The molecule has 44 nitrogen and oxygen atoms in total. The molecule has 5 fully saturated rings. The molecule has 5 saturated heterocycles. The first kappa shape index (κ1) is 104. The van der Waals surface area contributed by atoms with E-state index in [9.17, 15) is 103 Å². The number of rotatable bonds is 49. The largest absolute Gasteiger partial charge is 0.481 e. The van der Waals surface area contributed by atoms with E-state index in [4.69, 9.17) is 50.0 Å². The van der Waals surface area contributed by atoms with E-state index in [1.54, 1.807) is 21.0 Å². The van der Waals surface area contributed by atoms with Crippen molar-refractivity contribution in [3.8, 4) is 0 Å². The van der Waals surface area contributed by atoms with Crippen molar-refractivity contribution in [2.24, 2.45) is 47.2 Å². The summed E-state index contributed by atoms with van der Waals surface area (Å²) >= 11 is 0. The van der Waals surface area contributed by atoms with Crippen LogP contribution < -0.4 is 64.9 Å². The number of alkyl carbamates (subject to hydrolysis) is 1. The van der Waals surface area contributed by atoms with Gasteiger partial charge in [-0.25, -0.2) is 19.6 Å². The summed E-state index contributed by atoms with van der Waals surface area (Å²) in [6.07, 6.45) is -2.96. The number of H-pyrrole nitrogens is 1. The number of methoxy groups -OCH3 is 1. The molecule has 8 rings (SSSR count). The molecule has 0 bridgehead atoms. The number of ether oxygens (including phenoxy) is 7. The zero-order valence-electron chi connectivity index (χ0n) is 73.7. The Hall–Kier alpha value is -10.2. The molecule has 0 radical (unpaired) electrons. The number of carboxylic acid groups (broad SMARTS) is 5. The number of carboxylic acids is 5. The van der Waals surface area contributed by atoms with Crippen LogP contribution in [0.3, 0.4) is 0 Å². The van der Waals surface area contributed by atoms with Crippen LogP contribution in [0.25, 0.3) is 11.2 Å². The molecule has 46 heteroatoms. The van der Waals surface area contributed by atoms with Crippen molar-refractivity contribution in [1.82, 2.24) is 62.5 Å². The summed E-state index contributed by atoms with van der Waals surface area (Å²) in [6, 6.07) is -5.39. The summed E-state index contributed by atoms with van der Waals surface area (Å²) in [5.74, 6) is -17.9. The van der Waals surface area contributed by atoms with E-state index in [1.807, 2.05) is 13.8 Å². The number of carbonyl (C=O) groups excluding carboxylic acids is 8. The third-order valence-corrected chi connectivity index (χ3v) is 26.9. The Morgan fingerprint density at radius 2 is 1.36 bits per heavy atom. The third kappa shape index (κ3) is 29.4. The SMILES string of the molecule is CO[C@@H]1C[C@@H](C[C@H]2CC[C@H](C)C([C@@H](C)C(=O)O)O2)O[C@]2(O[C@@](C)(C3CC[C@@](C)([C@@H]4O[C@@H]([C@H](O)[C@@H](C)C[C@@H](C)[C@H](O)COC(=O)NCCSSC[C@@H](C=O)NC(=O)[C@H](CC(=O)O)NC(=O)[C@H](CC(=O)O)NC(=O)[C@H](CCCNC(=N)N)NC(=O)[C@H](CC(=O)O)NC(=O)CC[C@H](NC(=O)c5ccc(NCc6cnc7nc(N)[nH]c(=O)c7n6)cc5)C(=O)O)C[C@@H]4C)O3)C[C@H]2C)[C@@H]1C. The van der Waals surface area contributed by atoms with Gasteiger partial charge in [0.1, 0.15) is 43.1 Å². The number of nitrogen functional groups attached to an aromatic ring is 1. The highest BCUT2D eigenvalue weighted by Gasteiger charge is 2.65. The molecule has 7 amide bonds. The van der Waals surface area contributed by atoms with Gasteiger partial charge in [0.15, 0.2) is 22.9 Å². The number of anilines is 2. The predicted octanol–water partition coefficient (Wildman–Crippen LogP) is 1.65. The highest BCUT2D eigenvalue weighted by atomic mass is 33.1. The minimum Gasteiger partial charge on any atom is -0.481 e. The van der Waals surface area contributed by atoms with Crippen molar-refractivity contribution in [2.75, 3.05) is 49.4 Å². The van der Waals surface area contributed by atoms with Gasteiger partial charge in [0, 0.05) is 74.1 Å². The first-order chi connectivity index (χ1) is 60.8. The van der Waals surface area contributed by atoms with Gasteiger partial charge >= 0.3 is 35.9 Å². The molecule has 1 aromatic carbocycles. The number of hydrogen-bond donors (Lipinski definition) is 20. The van der Waals surface area contributed by atoms with Crippen molar-refractivity contribution in [1.29, 1.82) is 5.41 Å². The molecule has 1 spiro atoms. The second-order valence-corrected chi connectivity index (χ2v) is 37.3. The number of aromatic nitrogens is 4. The van der Waals surface area contributed by atoms with Crippen LogP contribution in [0.1, 0.15) is 181 Å². The van der Waals surface area contributed by atoms with E-state index >= 15 is 0 Å². The maximum atomic E-state index is 14.1. The van der Waals surface area contributed by atoms with E-state index in [1.165, 1.54) is 30.5 Å². The number of hydrogen-bond acceptors (Lipinski definition) is 31. The van der Waals surface area contributed by atoms with Gasteiger partial charge in [-0.1, -0.05) is 63.1 Å². The Morgan fingerprint density at radius 3 is 1.98 bits per heavy atom. The number of fused-ring (bicyclic) bond motifs is 1. The lowest BCUT2D eigenvalue weighted by molar-refractivity contribution is -0.352. The predicted molar refractivity (Wildman–Crippen MR) is 464 cm³/mol. The number of nitrogens with zero attached hydrogens (tertiary/aromatic N) is 3. The Labute approximate surface area is 752 Å². The number of amides is 7. The van der Waals surface area contributed by atoms with E-state index in [2.05, 4.69) is 102 Å². The summed E-state index contributed by atoms with van der Waals surface area (Å²) in [5, 5.41) is 101. The molecule has 22 N–H and O–H groups in total. The number of aromatic amines is 1. The standard InChI is InChI=1S/C83H124N16O28S2/c1-39-13-18-50(123-67(39)44(6)76(116)117)28-51-29-58(121-10)45(7)83(125-51)43(5)33-82(9,127-83)60-21-22-81(8,126-60)68-42(4)27-59(124-68)66(109)41(3)26-40(2)57(101)37-122-80(120)88-24-25-128-129-38-49(36-100)92-72(112)55(31-63(105)106)97-74(114)56(32-64(107)108)96-71(111)52(12-11-23-87-78(84)85)94-73(113)54(30-62(103)104)93-61(102)20-19-53(77(118)119)95-70(110)46-14-16-47(17-15-46)89-34-48-35-90-69-65(91-48)75(115)99-79(86)98-69/h14-17,35-36,39-45,49-60,66-68,89,101,109H,11-13,18-34,37-38H2,1-10H3,(H,88,120)(H,92,112)(H,93,102)(H,94,113)(H,95,110)(H,96,111)(H,97,114)(H,103,104)(H,105,106)(H,107,108)(H,116,117)(H,118,119)(H4,84,85,87)(H3,86,90,98,99,115)/t39-,40+,41-,42-,43+,44+,45+,49+,50+,51+,52-,53-,54-,55-,56-,57+,58+,59+,60?,66+,67?,68+,81-,82+,83+/m0/s1. The van der Waals surface area contributed by atoms with Crippen LogP contribution >= 0.6 is 21.6 Å². The number of nitrogens with two attached hydrogens (primary N) is 2. The van der Waals surface area contributed by atoms with Crippen LogP contribution in [0.15, 0.2) is 35.3 Å². The maximum Gasteiger partial charge on any atom is 0.407 e. The fourth-order valence-corrected chi connectivity index (χ4v) is 19.5. The molecule has 0 saturated carbocycles. The van der Waals surface area contributed by atoms with Gasteiger partial charge in [-0.05, 0) is 133 Å². The monoisotopic (exact) mass is 1860 g/mol. The zero-order valence-corrected chi connectivity index (χ0v) is 75.4. The Balaban J connectivity index is 0.747. The average molecular weight is 1860 g/mol. The van der Waals surface area contributed by atoms with Gasteiger partial charge in [0.2, 0.25) is 35.5 Å². The van der Waals surface area contributed by atoms with Crippen LogP contribution in [0.5, 0.6) is 0 Å². The van der Waals surface area contributed by atoms with Crippen molar-refractivity contribution in [2.45, 2.75) is 280 Å². The molecule has 25 atom stereocenters. The highest BCUT2D eigenvalue weighted by Crippen LogP contribution is 2.57. The van der Waals surface area contributed by atoms with Crippen molar-refractivity contribution < 1.29 is 131 Å². The lowest BCUT2D eigenvalue weighted by Gasteiger charge is -2.50. The summed E-state index contributed by atoms with van der Waals surface area (Å²) in [6.45, 7) is 17.5. The molecule has 0 aliphatic carbocycles. The van der Waals surface area contributed by atoms with E-state index in [0.29, 0.717) is 62.6 Å². The van der Waals surface area contributed by atoms with Crippen LogP contribution in [-0.2, 0) is 92.4 Å². The van der Waals surface area contributed by atoms with Gasteiger partial charge < -0.3 is 133 Å². The summed E-state index contributed by atoms with van der Waals surface area (Å²) in [7, 11) is 3.89. The fourth-order valence-electron chi connectivity index (χ4n) is 17.5. The minimum absolute atomic E-state index is 0.0133. The van der Waals surface area contributed by atoms with Crippen molar-refractivity contribution in [3.05, 3.63) is 52.1 Å². The number of carbonyl (C=O) groups is 13. The van der Waals surface area contributed by atoms with Crippen molar-refractivity contribution in [3.63, 3.8) is 0 Å². The first-order valence-electron chi connectivity index (χ1n) is 43.1. The number of guanidine groups is 1. The lowest BCUT2D eigenvalue weighted by Crippen LogP contribution is -2.59. The van der Waals surface area contributed by atoms with E-state index in [-0.39, 0.29) is 127 Å². The second-order valence-electron chi connectivity index (χ2n) is 34.7. The molecule has 716 valence electrons. The molecule has 2 unspecified atom stereocenters. The zero-order chi connectivity index (χ0) is 95.1. The molecule has 5 aliphatic rings. The number of aliphatic carboxylic acids is 5. The first-order valence-corrected chi connectivity index (χ1v) is 45.6. The molecule has 3 aromatic rings. The highest BCUT2D eigenvalue weighted by molar-refractivity contribution is 8.76. The van der Waals surface area contributed by atoms with Gasteiger partial charge in [-0.3, -0.25) is 63.1 Å². The molecule has 7 heterocycles. The quantitative estimate of drug-likeness (QED) is 0.0126. The second kappa shape index (κ2) is 47.6. The Bertz CT molecular complexity index is 4510. The molecule has 5 aliphatic heterocycles.